The molecule has 5 heteroatoms. The average Bonchev–Trinajstić information content (AvgIpc) is 3.37. The Bertz CT molecular complexity index is 1200. The number of carbonyl (C=O) groups is 1. The molecule has 2 heterocycles. The number of allylic oxidation sites excluding steroid dienone is 1. The molecule has 2 aromatic carbocycles. The van der Waals surface area contributed by atoms with E-state index >= 15 is 0 Å². The molecule has 0 N–H and O–H groups in total. The van der Waals surface area contributed by atoms with Gasteiger partial charge in [0.15, 0.2) is 11.5 Å². The fourth-order valence-corrected chi connectivity index (χ4v) is 4.14. The second kappa shape index (κ2) is 7.17. The maximum atomic E-state index is 13.4. The minimum absolute atomic E-state index is 0.0594. The highest BCUT2D eigenvalue weighted by molar-refractivity contribution is 6.09. The third kappa shape index (κ3) is 3.02. The van der Waals surface area contributed by atoms with Crippen molar-refractivity contribution in [2.75, 3.05) is 13.8 Å². The fraction of sp³-hybridized carbons (Fsp3) is 0.280. The molecule has 0 radical (unpaired) electrons. The summed E-state index contributed by atoms with van der Waals surface area (Å²) in [5, 5.41) is 0.929. The first kappa shape index (κ1) is 18.7. The number of fused-ring (bicyclic) bond motifs is 3. The van der Waals surface area contributed by atoms with Crippen LogP contribution in [-0.2, 0) is 6.42 Å². The van der Waals surface area contributed by atoms with Gasteiger partial charge in [-0.25, -0.2) is 4.98 Å². The van der Waals surface area contributed by atoms with Crippen molar-refractivity contribution in [3.8, 4) is 11.5 Å². The van der Waals surface area contributed by atoms with Gasteiger partial charge in [-0.1, -0.05) is 24.3 Å². The zero-order valence-electron chi connectivity index (χ0n) is 17.4. The van der Waals surface area contributed by atoms with E-state index in [1.807, 2.05) is 68.3 Å². The lowest BCUT2D eigenvalue weighted by Gasteiger charge is -2.23. The first-order chi connectivity index (χ1) is 14.5. The van der Waals surface area contributed by atoms with E-state index in [4.69, 9.17) is 14.5 Å². The van der Waals surface area contributed by atoms with Crippen LogP contribution < -0.4 is 9.47 Å². The van der Waals surface area contributed by atoms with Crippen LogP contribution in [-0.4, -0.2) is 35.7 Å². The number of carbonyl (C=O) groups excluding carboxylic acids is 1. The van der Waals surface area contributed by atoms with Crippen molar-refractivity contribution in [1.82, 2.24) is 9.88 Å². The first-order valence-corrected chi connectivity index (χ1v) is 10.3. The van der Waals surface area contributed by atoms with Crippen molar-refractivity contribution in [2.24, 2.45) is 0 Å². The number of para-hydroxylation sites is 1. The number of hydrogen-bond acceptors (Lipinski definition) is 4. The molecule has 1 amide bonds. The van der Waals surface area contributed by atoms with Gasteiger partial charge in [-0.2, -0.15) is 0 Å². The molecular weight excluding hydrogens is 376 g/mol. The number of nitrogens with zero attached hydrogens (tertiary/aromatic N) is 2. The normalized spacial score (nSPS) is 15.8. The van der Waals surface area contributed by atoms with E-state index in [2.05, 4.69) is 6.08 Å². The monoisotopic (exact) mass is 400 g/mol. The summed E-state index contributed by atoms with van der Waals surface area (Å²) in [7, 11) is 1.87. The Labute approximate surface area is 175 Å². The zero-order valence-corrected chi connectivity index (χ0v) is 17.4. The minimum Gasteiger partial charge on any atom is -0.454 e. The topological polar surface area (TPSA) is 51.7 Å². The quantitative estimate of drug-likeness (QED) is 0.625. The van der Waals surface area contributed by atoms with Crippen LogP contribution in [0.15, 0.2) is 42.5 Å². The third-order valence-corrected chi connectivity index (χ3v) is 5.99. The van der Waals surface area contributed by atoms with E-state index in [9.17, 15) is 4.79 Å². The summed E-state index contributed by atoms with van der Waals surface area (Å²) in [6.45, 7) is 4.33. The highest BCUT2D eigenvalue weighted by Crippen LogP contribution is 2.39. The number of benzene rings is 2. The molecule has 5 nitrogen and oxygen atoms in total. The van der Waals surface area contributed by atoms with Gasteiger partial charge in [-0.3, -0.25) is 4.79 Å². The van der Waals surface area contributed by atoms with Gasteiger partial charge in [-0.15, -0.1) is 0 Å². The number of ether oxygens (including phenoxy) is 2. The summed E-state index contributed by atoms with van der Waals surface area (Å²) in [6.07, 6.45) is 3.82. The molecule has 5 rings (SSSR count). The molecule has 3 aromatic rings. The van der Waals surface area contributed by atoms with Gasteiger partial charge in [0.1, 0.15) is 0 Å². The van der Waals surface area contributed by atoms with Gasteiger partial charge in [0, 0.05) is 18.5 Å². The smallest absolute Gasteiger partial charge is 0.254 e. The van der Waals surface area contributed by atoms with Crippen LogP contribution >= 0.6 is 0 Å². The van der Waals surface area contributed by atoms with E-state index in [1.54, 1.807) is 0 Å². The molecule has 0 unspecified atom stereocenters. The van der Waals surface area contributed by atoms with Crippen molar-refractivity contribution in [2.45, 2.75) is 32.7 Å². The SMILES string of the molecule is CC(C)N(C)C(=O)c1c2c(nc3ccccc13)/C(=C\c1ccc3c(c1)OCO3)CC2. The van der Waals surface area contributed by atoms with Crippen molar-refractivity contribution < 1.29 is 14.3 Å². The summed E-state index contributed by atoms with van der Waals surface area (Å²) in [5.74, 6) is 1.60. The molecule has 0 saturated heterocycles. The van der Waals surface area contributed by atoms with Crippen LogP contribution in [0.2, 0.25) is 0 Å². The van der Waals surface area contributed by atoms with Crippen LogP contribution in [0.1, 0.15) is 47.4 Å². The van der Waals surface area contributed by atoms with Crippen molar-refractivity contribution in [3.63, 3.8) is 0 Å². The van der Waals surface area contributed by atoms with E-state index in [0.717, 1.165) is 63.2 Å². The molecule has 1 aliphatic heterocycles. The standard InChI is InChI=1S/C25H24N2O3/c1-15(2)27(3)25(28)23-18-6-4-5-7-20(18)26-24-17(9-10-19(23)24)12-16-8-11-21-22(13-16)30-14-29-21/h4-8,11-13,15H,9-10,14H2,1-3H3/b17-12-. The maximum absolute atomic E-state index is 13.4. The predicted molar refractivity (Wildman–Crippen MR) is 118 cm³/mol. The molecule has 2 aliphatic rings. The van der Waals surface area contributed by atoms with Gasteiger partial charge >= 0.3 is 0 Å². The van der Waals surface area contributed by atoms with Crippen LogP contribution in [0.5, 0.6) is 11.5 Å². The van der Waals surface area contributed by atoms with Crippen molar-refractivity contribution in [3.05, 3.63) is 64.8 Å². The number of amides is 1. The van der Waals surface area contributed by atoms with Gasteiger partial charge in [-0.05, 0) is 67.7 Å². The summed E-state index contributed by atoms with van der Waals surface area (Å²) < 4.78 is 10.9. The van der Waals surface area contributed by atoms with Crippen molar-refractivity contribution >= 4 is 28.5 Å². The predicted octanol–water partition coefficient (Wildman–Crippen LogP) is 4.93. The van der Waals surface area contributed by atoms with Gasteiger partial charge in [0.2, 0.25) is 6.79 Å². The summed E-state index contributed by atoms with van der Waals surface area (Å²) in [4.78, 5) is 20.2. The van der Waals surface area contributed by atoms with E-state index < -0.39 is 0 Å². The molecule has 0 bridgehead atoms. The molecule has 1 aromatic heterocycles. The molecule has 152 valence electrons. The van der Waals surface area contributed by atoms with E-state index in [-0.39, 0.29) is 18.7 Å². The van der Waals surface area contributed by atoms with Gasteiger partial charge in [0.25, 0.3) is 5.91 Å². The number of pyridine rings is 1. The number of hydrogen-bond donors (Lipinski definition) is 0. The summed E-state index contributed by atoms with van der Waals surface area (Å²) in [5.41, 5.74) is 5.83. The summed E-state index contributed by atoms with van der Waals surface area (Å²) in [6, 6.07) is 14.0. The molecule has 0 fully saturated rings. The van der Waals surface area contributed by atoms with Crippen LogP contribution in [0.3, 0.4) is 0 Å². The fourth-order valence-electron chi connectivity index (χ4n) is 4.14. The van der Waals surface area contributed by atoms with Crippen LogP contribution in [0, 0.1) is 0 Å². The third-order valence-electron chi connectivity index (χ3n) is 5.99. The lowest BCUT2D eigenvalue weighted by Crippen LogP contribution is -2.33. The van der Waals surface area contributed by atoms with E-state index in [0.29, 0.717) is 0 Å². The Morgan fingerprint density at radius 2 is 1.90 bits per heavy atom. The Morgan fingerprint density at radius 3 is 2.73 bits per heavy atom. The Kier molecular flexibility index (Phi) is 4.46. The largest absolute Gasteiger partial charge is 0.454 e. The highest BCUT2D eigenvalue weighted by atomic mass is 16.7. The molecule has 0 saturated carbocycles. The maximum Gasteiger partial charge on any atom is 0.254 e. The Morgan fingerprint density at radius 1 is 1.10 bits per heavy atom. The van der Waals surface area contributed by atoms with Gasteiger partial charge < -0.3 is 14.4 Å². The molecule has 0 spiro atoms. The van der Waals surface area contributed by atoms with Crippen LogP contribution in [0.4, 0.5) is 0 Å². The highest BCUT2D eigenvalue weighted by Gasteiger charge is 2.29. The first-order valence-electron chi connectivity index (χ1n) is 10.3. The average molecular weight is 400 g/mol. The van der Waals surface area contributed by atoms with Crippen LogP contribution in [0.25, 0.3) is 22.6 Å². The number of rotatable bonds is 3. The van der Waals surface area contributed by atoms with Crippen molar-refractivity contribution in [1.29, 1.82) is 0 Å². The second-order valence-electron chi connectivity index (χ2n) is 8.12. The zero-order chi connectivity index (χ0) is 20.8. The molecular formula is C25H24N2O3. The number of aromatic nitrogens is 1. The molecule has 1 aliphatic carbocycles. The Hall–Kier alpha value is -3.34. The lowest BCUT2D eigenvalue weighted by atomic mass is 9.99. The summed E-state index contributed by atoms with van der Waals surface area (Å²) >= 11 is 0. The lowest BCUT2D eigenvalue weighted by molar-refractivity contribution is 0.0756. The minimum atomic E-state index is 0.0594. The van der Waals surface area contributed by atoms with Gasteiger partial charge in [0.05, 0.1) is 16.8 Å². The Balaban J connectivity index is 1.65. The second-order valence-corrected chi connectivity index (χ2v) is 8.12. The van der Waals surface area contributed by atoms with E-state index in [1.165, 1.54) is 0 Å². The molecule has 0 atom stereocenters. The molecule has 30 heavy (non-hydrogen) atoms.